The van der Waals surface area contributed by atoms with Gasteiger partial charge in [0.15, 0.2) is 0 Å². The van der Waals surface area contributed by atoms with Gasteiger partial charge in [-0.3, -0.25) is 0 Å². The molecule has 43 heavy (non-hydrogen) atoms. The molecule has 0 amide bonds. The summed E-state index contributed by atoms with van der Waals surface area (Å²) in [4.78, 5) is 2.42. The zero-order valence-electron chi connectivity index (χ0n) is 23.3. The third kappa shape index (κ3) is 3.39. The van der Waals surface area contributed by atoms with Gasteiger partial charge in [0, 0.05) is 21.2 Å². The summed E-state index contributed by atoms with van der Waals surface area (Å²) in [5.74, 6) is 0. The SMILES string of the molecule is Brc1ccc(N(c2ccc3c(c2)C2(c4ccccc4-c4ccccc42)c2ccccc2-3)c2cccc3ccccc23)cc1. The molecule has 0 unspecified atom stereocenters. The fourth-order valence-electron chi connectivity index (χ4n) is 7.64. The van der Waals surface area contributed by atoms with E-state index in [1.54, 1.807) is 0 Å². The molecule has 7 aromatic carbocycles. The highest BCUT2D eigenvalue weighted by Crippen LogP contribution is 2.63. The van der Waals surface area contributed by atoms with Crippen molar-refractivity contribution in [3.63, 3.8) is 0 Å². The first kappa shape index (κ1) is 24.7. The van der Waals surface area contributed by atoms with E-state index in [-0.39, 0.29) is 5.41 Å². The van der Waals surface area contributed by atoms with Crippen molar-refractivity contribution in [3.8, 4) is 22.3 Å². The van der Waals surface area contributed by atoms with Crippen LogP contribution in [-0.4, -0.2) is 0 Å². The van der Waals surface area contributed by atoms with Crippen molar-refractivity contribution < 1.29 is 0 Å². The number of rotatable bonds is 3. The molecule has 0 atom stereocenters. The average molecular weight is 613 g/mol. The van der Waals surface area contributed by atoms with Gasteiger partial charge < -0.3 is 4.90 Å². The van der Waals surface area contributed by atoms with Crippen LogP contribution in [0.3, 0.4) is 0 Å². The summed E-state index contributed by atoms with van der Waals surface area (Å²) in [6.45, 7) is 0. The zero-order chi connectivity index (χ0) is 28.5. The van der Waals surface area contributed by atoms with Gasteiger partial charge in [0.05, 0.1) is 11.1 Å². The Morgan fingerprint density at radius 3 is 1.58 bits per heavy atom. The summed E-state index contributed by atoms with van der Waals surface area (Å²) in [5, 5.41) is 2.45. The predicted molar refractivity (Wildman–Crippen MR) is 183 cm³/mol. The summed E-state index contributed by atoms with van der Waals surface area (Å²) >= 11 is 3.66. The highest BCUT2D eigenvalue weighted by atomic mass is 79.9. The summed E-state index contributed by atoms with van der Waals surface area (Å²) in [6.07, 6.45) is 0. The number of anilines is 3. The Labute approximate surface area is 259 Å². The molecule has 2 aliphatic rings. The van der Waals surface area contributed by atoms with Gasteiger partial charge in [0.25, 0.3) is 0 Å². The molecule has 1 nitrogen and oxygen atoms in total. The highest BCUT2D eigenvalue weighted by molar-refractivity contribution is 9.10. The lowest BCUT2D eigenvalue weighted by Crippen LogP contribution is -2.26. The molecule has 0 bridgehead atoms. The van der Waals surface area contributed by atoms with Crippen molar-refractivity contribution >= 4 is 43.8 Å². The lowest BCUT2D eigenvalue weighted by molar-refractivity contribution is 0.793. The molecular formula is C41H26BrN. The maximum Gasteiger partial charge on any atom is 0.0726 e. The van der Waals surface area contributed by atoms with E-state index in [9.17, 15) is 0 Å². The summed E-state index contributed by atoms with van der Waals surface area (Å²) in [6, 6.07) is 58.0. The molecule has 1 spiro atoms. The lowest BCUT2D eigenvalue weighted by Gasteiger charge is -2.32. The molecule has 2 heteroatoms. The van der Waals surface area contributed by atoms with Crippen LogP contribution in [0.15, 0.2) is 162 Å². The smallest absolute Gasteiger partial charge is 0.0726 e. The lowest BCUT2D eigenvalue weighted by atomic mass is 9.70. The van der Waals surface area contributed by atoms with E-state index in [0.717, 1.165) is 21.5 Å². The van der Waals surface area contributed by atoms with Crippen LogP contribution in [0.25, 0.3) is 33.0 Å². The second-order valence-corrected chi connectivity index (χ2v) is 12.3. The highest BCUT2D eigenvalue weighted by Gasteiger charge is 2.51. The Bertz CT molecular complexity index is 2140. The van der Waals surface area contributed by atoms with E-state index >= 15 is 0 Å². The molecule has 202 valence electrons. The molecule has 2 aliphatic carbocycles. The third-order valence-electron chi connectivity index (χ3n) is 9.33. The van der Waals surface area contributed by atoms with E-state index in [1.165, 1.54) is 55.3 Å². The van der Waals surface area contributed by atoms with Crippen molar-refractivity contribution in [3.05, 3.63) is 184 Å². The second-order valence-electron chi connectivity index (χ2n) is 11.4. The Balaban J connectivity index is 1.37. The minimum atomic E-state index is -0.376. The van der Waals surface area contributed by atoms with E-state index in [1.807, 2.05) is 0 Å². The third-order valence-corrected chi connectivity index (χ3v) is 9.86. The Hall–Kier alpha value is -4.92. The average Bonchev–Trinajstić information content (AvgIpc) is 3.53. The fourth-order valence-corrected chi connectivity index (χ4v) is 7.91. The maximum atomic E-state index is 3.66. The van der Waals surface area contributed by atoms with Crippen LogP contribution in [0.4, 0.5) is 17.1 Å². The maximum absolute atomic E-state index is 3.66. The quantitative estimate of drug-likeness (QED) is 0.192. The summed E-state index contributed by atoms with van der Waals surface area (Å²) < 4.78 is 1.07. The van der Waals surface area contributed by atoms with Gasteiger partial charge in [-0.2, -0.15) is 0 Å². The molecule has 0 N–H and O–H groups in total. The zero-order valence-corrected chi connectivity index (χ0v) is 24.9. The van der Waals surface area contributed by atoms with Crippen LogP contribution in [-0.2, 0) is 5.41 Å². The van der Waals surface area contributed by atoms with Crippen LogP contribution < -0.4 is 4.90 Å². The number of fused-ring (bicyclic) bond motifs is 11. The van der Waals surface area contributed by atoms with E-state index < -0.39 is 0 Å². The number of halogens is 1. The standard InChI is InChI=1S/C41H26BrN/c42-28-20-22-29(23-21-28)43(40-19-9-11-27-10-1-2-12-31(27)40)30-24-25-35-34-15-5-8-18-38(34)41(39(35)26-30)36-16-6-3-13-32(36)33-14-4-7-17-37(33)41/h1-26H. The van der Waals surface area contributed by atoms with Crippen molar-refractivity contribution in [2.75, 3.05) is 4.90 Å². The monoisotopic (exact) mass is 611 g/mol. The van der Waals surface area contributed by atoms with Gasteiger partial charge in [0.2, 0.25) is 0 Å². The molecule has 0 fully saturated rings. The van der Waals surface area contributed by atoms with Crippen molar-refractivity contribution in [2.24, 2.45) is 0 Å². The molecular weight excluding hydrogens is 586 g/mol. The van der Waals surface area contributed by atoms with Crippen LogP contribution >= 0.6 is 15.9 Å². The summed E-state index contributed by atoms with van der Waals surface area (Å²) in [7, 11) is 0. The van der Waals surface area contributed by atoms with Crippen LogP contribution in [0.5, 0.6) is 0 Å². The number of hydrogen-bond donors (Lipinski definition) is 0. The second kappa shape index (κ2) is 9.29. The van der Waals surface area contributed by atoms with E-state index in [4.69, 9.17) is 0 Å². The fraction of sp³-hybridized carbons (Fsp3) is 0.0244. The molecule has 0 aliphatic heterocycles. The summed E-state index contributed by atoms with van der Waals surface area (Å²) in [5.41, 5.74) is 13.7. The van der Waals surface area contributed by atoms with Crippen molar-refractivity contribution in [2.45, 2.75) is 5.41 Å². The van der Waals surface area contributed by atoms with Gasteiger partial charge in [-0.1, -0.05) is 131 Å². The van der Waals surface area contributed by atoms with Crippen molar-refractivity contribution in [1.29, 1.82) is 0 Å². The molecule has 0 saturated heterocycles. The minimum absolute atomic E-state index is 0.376. The largest absolute Gasteiger partial charge is 0.310 e. The van der Waals surface area contributed by atoms with Crippen LogP contribution in [0.1, 0.15) is 22.3 Å². The number of hydrogen-bond acceptors (Lipinski definition) is 1. The molecule has 9 rings (SSSR count). The Morgan fingerprint density at radius 2 is 0.930 bits per heavy atom. The predicted octanol–water partition coefficient (Wildman–Crippen LogP) is 11.4. The normalized spacial score (nSPS) is 13.4. The van der Waals surface area contributed by atoms with Crippen LogP contribution in [0.2, 0.25) is 0 Å². The topological polar surface area (TPSA) is 3.24 Å². The van der Waals surface area contributed by atoms with Gasteiger partial charge in [-0.05, 0) is 92.4 Å². The van der Waals surface area contributed by atoms with E-state index in [2.05, 4.69) is 179 Å². The molecule has 0 radical (unpaired) electrons. The van der Waals surface area contributed by atoms with Crippen molar-refractivity contribution in [1.82, 2.24) is 0 Å². The molecule has 0 aromatic heterocycles. The first-order chi connectivity index (χ1) is 21.2. The Kier molecular flexibility index (Phi) is 5.33. The number of benzene rings is 7. The number of nitrogens with zero attached hydrogens (tertiary/aromatic N) is 1. The first-order valence-electron chi connectivity index (χ1n) is 14.7. The molecule has 7 aromatic rings. The van der Waals surface area contributed by atoms with Gasteiger partial charge in [-0.25, -0.2) is 0 Å². The van der Waals surface area contributed by atoms with E-state index in [0.29, 0.717) is 0 Å². The Morgan fingerprint density at radius 1 is 0.419 bits per heavy atom. The van der Waals surface area contributed by atoms with Gasteiger partial charge in [0.1, 0.15) is 0 Å². The first-order valence-corrected chi connectivity index (χ1v) is 15.5. The van der Waals surface area contributed by atoms with Gasteiger partial charge >= 0.3 is 0 Å². The molecule has 0 heterocycles. The minimum Gasteiger partial charge on any atom is -0.310 e. The molecule has 0 saturated carbocycles. The van der Waals surface area contributed by atoms with Gasteiger partial charge in [-0.15, -0.1) is 0 Å². The van der Waals surface area contributed by atoms with Crippen LogP contribution in [0, 0.1) is 0 Å².